The number of para-hydroxylation sites is 3. The molecule has 0 aliphatic rings. The minimum Gasteiger partial charge on any atom is -0.501 e. The summed E-state index contributed by atoms with van der Waals surface area (Å²) in [5.74, 6) is 0.568. The van der Waals surface area contributed by atoms with Crippen molar-refractivity contribution in [3.63, 3.8) is 0 Å². The van der Waals surface area contributed by atoms with Gasteiger partial charge in [0.05, 0.1) is 30.5 Å². The molecule has 0 aliphatic carbocycles. The molecular formula is C54H43IrN3OSSi-2. The molecule has 4 heterocycles. The van der Waals surface area contributed by atoms with Crippen molar-refractivity contribution in [2.24, 2.45) is 0 Å². The number of imidazole rings is 1. The number of hydrogen-bond donors (Lipinski definition) is 0. The predicted octanol–water partition coefficient (Wildman–Crippen LogP) is 14.2. The minimum atomic E-state index is -1.77. The van der Waals surface area contributed by atoms with Gasteiger partial charge in [-0.25, -0.2) is 0 Å². The number of pyridine rings is 1. The SMILES string of the molecule is [2H]C([2H])(c1cc(-c2[c-]cccc2)ncc1[Si](C)(C)C)C(C)c1ccccc1.[Ir].[c-]1ccc2c(oc3ccccc32)c1-c1nc2ccccc2n1-c1ccc2sc3ccccc3c2c1. The molecule has 0 N–H and O–H groups in total. The Kier molecular flexibility index (Phi) is 10.5. The molecule has 0 saturated heterocycles. The van der Waals surface area contributed by atoms with Gasteiger partial charge in [0.25, 0.3) is 0 Å². The van der Waals surface area contributed by atoms with Crippen LogP contribution in [0.2, 0.25) is 19.6 Å². The van der Waals surface area contributed by atoms with Crippen molar-refractivity contribution in [1.82, 2.24) is 14.5 Å². The molecule has 11 aromatic rings. The van der Waals surface area contributed by atoms with Crippen molar-refractivity contribution in [1.29, 1.82) is 0 Å². The van der Waals surface area contributed by atoms with Gasteiger partial charge in [-0.3, -0.25) is 4.98 Å². The van der Waals surface area contributed by atoms with Gasteiger partial charge in [0.2, 0.25) is 0 Å². The van der Waals surface area contributed by atoms with Crippen LogP contribution in [-0.2, 0) is 26.5 Å². The quantitative estimate of drug-likeness (QED) is 0.118. The Morgan fingerprint density at radius 1 is 0.721 bits per heavy atom. The molecule has 301 valence electrons. The Hall–Kier alpha value is -5.95. The zero-order valence-corrected chi connectivity index (χ0v) is 38.4. The molecule has 4 nitrogen and oxygen atoms in total. The van der Waals surface area contributed by atoms with E-state index in [1.807, 2.05) is 115 Å². The molecular weight excluding hydrogens is 959 g/mol. The smallest absolute Gasteiger partial charge is 0.120 e. The van der Waals surface area contributed by atoms with Crippen LogP contribution in [0.4, 0.5) is 0 Å². The average molecular weight is 1000 g/mol. The van der Waals surface area contributed by atoms with E-state index >= 15 is 0 Å². The maximum Gasteiger partial charge on any atom is 0.120 e. The first-order valence-electron chi connectivity index (χ1n) is 21.3. The summed E-state index contributed by atoms with van der Waals surface area (Å²) in [7, 11) is -1.77. The van der Waals surface area contributed by atoms with Crippen LogP contribution >= 0.6 is 11.3 Å². The second kappa shape index (κ2) is 16.8. The summed E-state index contributed by atoms with van der Waals surface area (Å²) in [4.78, 5) is 9.74. The number of aromatic nitrogens is 3. The topological polar surface area (TPSA) is 43.9 Å². The molecule has 11 rings (SSSR count). The number of rotatable bonds is 7. The summed E-state index contributed by atoms with van der Waals surface area (Å²) < 4.78 is 29.3. The molecule has 0 fully saturated rings. The second-order valence-electron chi connectivity index (χ2n) is 16.1. The fraction of sp³-hybridized carbons (Fsp3) is 0.111. The van der Waals surface area contributed by atoms with Gasteiger partial charge in [0, 0.05) is 60.3 Å². The maximum absolute atomic E-state index is 9.04. The van der Waals surface area contributed by atoms with Crippen molar-refractivity contribution in [3.8, 4) is 28.3 Å². The van der Waals surface area contributed by atoms with Crippen LogP contribution in [-0.4, -0.2) is 22.6 Å². The normalized spacial score (nSPS) is 12.9. The van der Waals surface area contributed by atoms with E-state index in [1.54, 1.807) is 0 Å². The van der Waals surface area contributed by atoms with Crippen molar-refractivity contribution in [2.45, 2.75) is 38.9 Å². The molecule has 0 aliphatic heterocycles. The minimum absolute atomic E-state index is 0. The van der Waals surface area contributed by atoms with Crippen molar-refractivity contribution >= 4 is 77.7 Å². The third-order valence-electron chi connectivity index (χ3n) is 11.1. The standard InChI is InChI=1S/C31H17N2OS.C23H26NSi.Ir/c1-5-14-27-20(8-1)22-10-7-11-23(30(22)34-27)31-32-25-12-3-4-13-26(25)33(31)19-16-17-29-24(18-19)21-9-2-6-15-28(21)35-29;1-18(19-11-7-5-8-12-19)15-21-16-22(20-13-9-6-10-14-20)24-17-23(21)25(2,3)4;/h1-10,12-18H;5-13,16-18H,15H2,1-4H3;/q2*-1;/i;15D2;. The van der Waals surface area contributed by atoms with E-state index in [4.69, 9.17) is 12.1 Å². The molecule has 1 unspecified atom stereocenters. The fourth-order valence-corrected chi connectivity index (χ4v) is 10.6. The van der Waals surface area contributed by atoms with Gasteiger partial charge in [0.1, 0.15) is 5.58 Å². The van der Waals surface area contributed by atoms with E-state index in [0.717, 1.165) is 77.6 Å². The van der Waals surface area contributed by atoms with Gasteiger partial charge < -0.3 is 14.0 Å². The predicted molar refractivity (Wildman–Crippen MR) is 256 cm³/mol. The van der Waals surface area contributed by atoms with Crippen LogP contribution in [0.3, 0.4) is 0 Å². The summed E-state index contributed by atoms with van der Waals surface area (Å²) in [6.07, 6.45) is 0.400. The van der Waals surface area contributed by atoms with Gasteiger partial charge in [-0.05, 0) is 71.2 Å². The third-order valence-corrected chi connectivity index (χ3v) is 14.3. The van der Waals surface area contributed by atoms with Gasteiger partial charge in [-0.15, -0.1) is 65.4 Å². The third kappa shape index (κ3) is 7.79. The van der Waals surface area contributed by atoms with Crippen molar-refractivity contribution in [2.75, 3.05) is 0 Å². The van der Waals surface area contributed by atoms with Gasteiger partial charge in [-0.1, -0.05) is 128 Å². The molecule has 7 aromatic carbocycles. The van der Waals surface area contributed by atoms with E-state index in [-0.39, 0.29) is 26.0 Å². The largest absolute Gasteiger partial charge is 0.501 e. The molecule has 0 amide bonds. The first-order valence-corrected chi connectivity index (χ1v) is 24.6. The summed E-state index contributed by atoms with van der Waals surface area (Å²) in [5.41, 5.74) is 9.07. The number of nitrogens with zero attached hydrogens (tertiary/aromatic N) is 3. The Morgan fingerprint density at radius 2 is 1.46 bits per heavy atom. The van der Waals surface area contributed by atoms with Crippen LogP contribution in [0.1, 0.15) is 26.7 Å². The van der Waals surface area contributed by atoms with Crippen LogP contribution < -0.4 is 5.19 Å². The first kappa shape index (κ1) is 38.0. The van der Waals surface area contributed by atoms with E-state index < -0.39 is 14.4 Å². The fourth-order valence-electron chi connectivity index (χ4n) is 8.10. The number of thiophene rings is 1. The first-order chi connectivity index (χ1) is 30.1. The van der Waals surface area contributed by atoms with Crippen LogP contribution in [0.5, 0.6) is 0 Å². The second-order valence-corrected chi connectivity index (χ2v) is 22.3. The van der Waals surface area contributed by atoms with Crippen molar-refractivity contribution < 1.29 is 27.3 Å². The number of benzene rings is 7. The van der Waals surface area contributed by atoms with Gasteiger partial charge in [0.15, 0.2) is 0 Å². The van der Waals surface area contributed by atoms with E-state index in [0.29, 0.717) is 0 Å². The van der Waals surface area contributed by atoms with Gasteiger partial charge in [-0.2, -0.15) is 0 Å². The molecule has 1 radical (unpaired) electrons. The summed E-state index contributed by atoms with van der Waals surface area (Å²) >= 11 is 1.83. The van der Waals surface area contributed by atoms with Gasteiger partial charge >= 0.3 is 0 Å². The summed E-state index contributed by atoms with van der Waals surface area (Å²) in [6.45, 7) is 8.69. The van der Waals surface area contributed by atoms with E-state index in [1.165, 1.54) is 20.2 Å². The number of fused-ring (bicyclic) bond motifs is 7. The molecule has 61 heavy (non-hydrogen) atoms. The Morgan fingerprint density at radius 3 is 2.28 bits per heavy atom. The van der Waals surface area contributed by atoms with Crippen LogP contribution in [0, 0.1) is 12.1 Å². The zero-order valence-electron chi connectivity index (χ0n) is 36.2. The monoisotopic (exact) mass is 1000 g/mol. The average Bonchev–Trinajstić information content (AvgIpc) is 4.00. The Bertz CT molecular complexity index is 3410. The maximum atomic E-state index is 9.04. The van der Waals surface area contributed by atoms with Crippen LogP contribution in [0.15, 0.2) is 174 Å². The number of hydrogen-bond acceptors (Lipinski definition) is 4. The van der Waals surface area contributed by atoms with Crippen molar-refractivity contribution in [3.05, 3.63) is 193 Å². The molecule has 0 saturated carbocycles. The number of furan rings is 1. The molecule has 7 heteroatoms. The molecule has 4 aromatic heterocycles. The van der Waals surface area contributed by atoms with Crippen LogP contribution in [0.25, 0.3) is 81.5 Å². The Balaban J connectivity index is 0.000000164. The molecule has 1 atom stereocenters. The Labute approximate surface area is 377 Å². The summed E-state index contributed by atoms with van der Waals surface area (Å²) in [5, 5.41) is 5.80. The molecule has 0 bridgehead atoms. The van der Waals surface area contributed by atoms with E-state index in [2.05, 4.69) is 114 Å². The molecule has 0 spiro atoms. The zero-order chi connectivity index (χ0) is 42.6. The van der Waals surface area contributed by atoms with E-state index in [9.17, 15) is 0 Å². The summed E-state index contributed by atoms with van der Waals surface area (Å²) in [6, 6.07) is 62.0.